The van der Waals surface area contributed by atoms with Gasteiger partial charge in [-0.2, -0.15) is 0 Å². The molecule has 0 spiro atoms. The van der Waals surface area contributed by atoms with E-state index in [0.29, 0.717) is 19.3 Å². The van der Waals surface area contributed by atoms with Crippen molar-refractivity contribution in [3.05, 3.63) is 35.4 Å². The number of nitrogens with two attached hydrogens (primary N) is 8. The number of hydrogen-bond acceptors (Lipinski definition) is 15. The zero-order chi connectivity index (χ0) is 44.7. The minimum absolute atomic E-state index is 0. The lowest BCUT2D eigenvalue weighted by molar-refractivity contribution is -0.133. The molecule has 23 N–H and O–H groups in total. The highest BCUT2D eigenvalue weighted by Crippen LogP contribution is 2.09. The first-order valence-electron chi connectivity index (χ1n) is 19.2. The van der Waals surface area contributed by atoms with E-state index in [1.54, 1.807) is 0 Å². The Bertz CT molecular complexity index is 1670. The normalized spacial score (nSPS) is 12.9. The van der Waals surface area contributed by atoms with Gasteiger partial charge in [-0.05, 0) is 37.0 Å². The third-order valence-electron chi connectivity index (χ3n) is 8.40. The van der Waals surface area contributed by atoms with Gasteiger partial charge in [-0.25, -0.2) is 0 Å². The maximum Gasteiger partial charge on any atom is 0.245 e. The molecule has 0 bridgehead atoms. The molecule has 7 atom stereocenters. The van der Waals surface area contributed by atoms with E-state index in [-0.39, 0.29) is 132 Å². The lowest BCUT2D eigenvalue weighted by Crippen LogP contribution is -2.63. The first-order chi connectivity index (χ1) is 27.8. The van der Waals surface area contributed by atoms with E-state index < -0.39 is 111 Å². The number of halogens is 8. The minimum atomic E-state index is -1.56. The van der Waals surface area contributed by atoms with Gasteiger partial charge in [0.1, 0.15) is 26.2 Å². The molecule has 0 saturated heterocycles. The molecular weight excluding hydrogens is 1070 g/mol. The largest absolute Gasteiger partial charge is 0.354 e. The van der Waals surface area contributed by atoms with E-state index in [1.807, 2.05) is 24.3 Å². The Labute approximate surface area is 443 Å². The number of amides is 7. The topological polar surface area (TPSA) is 412 Å². The number of nitrogens with one attached hydrogen (secondary N) is 7. The first-order valence-corrected chi connectivity index (χ1v) is 22.7. The van der Waals surface area contributed by atoms with E-state index in [1.165, 1.54) is 0 Å². The quantitative estimate of drug-likeness (QED) is 0.0250. The second kappa shape index (κ2) is 43.3. The van der Waals surface area contributed by atoms with Crippen LogP contribution in [0.25, 0.3) is 0 Å². The molecule has 0 fully saturated rings. The number of carbonyl (C=O) groups excluding carboxylic acids is 7. The predicted molar refractivity (Wildman–Crippen MR) is 284 cm³/mol. The van der Waals surface area contributed by atoms with Gasteiger partial charge in [0.25, 0.3) is 0 Å². The molecule has 0 aromatic heterocycles. The number of aryl methyl sites for hydroxylation is 1. The van der Waals surface area contributed by atoms with Crippen LogP contribution in [0, 0.1) is 11.5 Å². The summed E-state index contributed by atoms with van der Waals surface area (Å²) in [6.07, 6.45) is 1.92. The van der Waals surface area contributed by atoms with Crippen LogP contribution >= 0.6 is 99.3 Å². The van der Waals surface area contributed by atoms with E-state index >= 15 is 0 Å². The molecule has 1 aromatic rings. The van der Waals surface area contributed by atoms with Gasteiger partial charge in [0, 0.05) is 57.9 Å². The van der Waals surface area contributed by atoms with Crippen molar-refractivity contribution < 1.29 is 33.6 Å². The van der Waals surface area contributed by atoms with Gasteiger partial charge < -0.3 is 83.1 Å². The third kappa shape index (κ3) is 33.5. The van der Waals surface area contributed by atoms with Gasteiger partial charge in [-0.3, -0.25) is 33.6 Å². The Morgan fingerprint density at radius 3 is 1.27 bits per heavy atom. The van der Waals surface area contributed by atoms with Crippen LogP contribution < -0.4 is 83.1 Å². The molecule has 0 aliphatic carbocycles. The summed E-state index contributed by atoms with van der Waals surface area (Å²) in [5.41, 5.74) is 50.0. The van der Waals surface area contributed by atoms with Crippen LogP contribution in [-0.4, -0.2) is 144 Å². The highest BCUT2D eigenvalue weighted by atomic mass is 35.5. The molecule has 1 aromatic carbocycles. The van der Waals surface area contributed by atoms with Gasteiger partial charge in [0.2, 0.25) is 41.4 Å². The first kappa shape index (κ1) is 81.3. The van der Waals surface area contributed by atoms with Crippen LogP contribution in [-0.2, 0) is 40.0 Å². The zero-order valence-electron chi connectivity index (χ0n) is 37.4. The maximum absolute atomic E-state index is 13.7. The van der Waals surface area contributed by atoms with Gasteiger partial charge in [-0.15, -0.1) is 105 Å². The minimum Gasteiger partial charge on any atom is -0.354 e. The molecule has 0 aliphatic heterocycles. The van der Waals surface area contributed by atoms with Gasteiger partial charge in [0.15, 0.2) is 0 Å². The fraction of sp³-hybridized carbons (Fsp3) is 0.583. The molecule has 7 unspecified atom stereocenters. The van der Waals surface area contributed by atoms with Crippen molar-refractivity contribution in [2.45, 2.75) is 81.2 Å². The molecule has 394 valence electrons. The lowest BCUT2D eigenvalue weighted by Gasteiger charge is -2.26. The van der Waals surface area contributed by atoms with Gasteiger partial charge >= 0.3 is 0 Å². The molecular formula is C36H73Cl8N15O7Si. The summed E-state index contributed by atoms with van der Waals surface area (Å²) < 4.78 is 0. The van der Waals surface area contributed by atoms with Crippen molar-refractivity contribution in [1.29, 1.82) is 0 Å². The third-order valence-corrected chi connectivity index (χ3v) is 9.28. The summed E-state index contributed by atoms with van der Waals surface area (Å²) in [5.74, 6) is -2.42. The van der Waals surface area contributed by atoms with Crippen LogP contribution in [0.2, 0.25) is 19.6 Å². The number of hydrogen-bond donors (Lipinski definition) is 15. The van der Waals surface area contributed by atoms with Crippen LogP contribution in [0.5, 0.6) is 0 Å². The summed E-state index contributed by atoms with van der Waals surface area (Å²) in [6, 6.07) is -1.16. The number of rotatable bonds is 25. The van der Waals surface area contributed by atoms with Crippen molar-refractivity contribution in [3.63, 3.8) is 0 Å². The summed E-state index contributed by atoms with van der Waals surface area (Å²) in [5, 5.41) is 17.3. The highest BCUT2D eigenvalue weighted by Gasteiger charge is 2.31. The Kier molecular flexibility index (Phi) is 52.5. The van der Waals surface area contributed by atoms with Crippen molar-refractivity contribution in [1.82, 2.24) is 37.2 Å². The molecule has 0 radical (unpaired) electrons. The van der Waals surface area contributed by atoms with Crippen molar-refractivity contribution in [2.24, 2.45) is 45.9 Å². The summed E-state index contributed by atoms with van der Waals surface area (Å²) in [6.45, 7) is 4.22. The average molecular weight is 1140 g/mol. The zero-order valence-corrected chi connectivity index (χ0v) is 44.9. The smallest absolute Gasteiger partial charge is 0.245 e. The molecule has 7 amide bonds. The van der Waals surface area contributed by atoms with Crippen LogP contribution in [0.1, 0.15) is 24.0 Å². The Morgan fingerprint density at radius 1 is 0.507 bits per heavy atom. The van der Waals surface area contributed by atoms with Crippen molar-refractivity contribution in [2.75, 3.05) is 52.4 Å². The van der Waals surface area contributed by atoms with Crippen LogP contribution in [0.4, 0.5) is 0 Å². The van der Waals surface area contributed by atoms with Gasteiger partial charge in [-0.1, -0.05) is 37.7 Å². The molecule has 31 heteroatoms. The molecule has 67 heavy (non-hydrogen) atoms. The molecule has 0 aliphatic rings. The SMILES string of the molecule is C[Si](C)(C)C#Cc1cccc(CCCCNC(=O)C(CNC(=O)C(CNC(=O)C(N)CN)NC(=O)C(N)CN)NC(=O)C(CNC(=O)C(N)CN)NC(=O)C(N)CN)c1.Cl.Cl.Cl.Cl.Cl.Cl.Cl.Cl. The Hall–Kier alpha value is -2.71. The van der Waals surface area contributed by atoms with Crippen molar-refractivity contribution >= 4 is 149 Å². The van der Waals surface area contributed by atoms with Crippen LogP contribution in [0.15, 0.2) is 24.3 Å². The number of unbranched alkanes of at least 4 members (excludes halogenated alkanes) is 1. The molecule has 0 heterocycles. The predicted octanol–water partition coefficient (Wildman–Crippen LogP) is -4.32. The summed E-state index contributed by atoms with van der Waals surface area (Å²) in [4.78, 5) is 90.7. The lowest BCUT2D eigenvalue weighted by atomic mass is 10.1. The number of carbonyl (C=O) groups is 7. The van der Waals surface area contributed by atoms with Gasteiger partial charge in [0.05, 0.1) is 24.2 Å². The Balaban J connectivity index is -0.000000725. The van der Waals surface area contributed by atoms with E-state index in [4.69, 9.17) is 45.9 Å². The fourth-order valence-electron chi connectivity index (χ4n) is 4.73. The molecule has 0 saturated carbocycles. The fourth-order valence-corrected chi connectivity index (χ4v) is 5.25. The average Bonchev–Trinajstić information content (AvgIpc) is 3.21. The monoisotopic (exact) mass is 1140 g/mol. The van der Waals surface area contributed by atoms with Crippen LogP contribution in [0.3, 0.4) is 0 Å². The van der Waals surface area contributed by atoms with Crippen molar-refractivity contribution in [3.8, 4) is 11.5 Å². The molecule has 1 rings (SSSR count). The Morgan fingerprint density at radius 2 is 0.866 bits per heavy atom. The second-order valence-electron chi connectivity index (χ2n) is 14.7. The maximum atomic E-state index is 13.7. The molecule has 22 nitrogen and oxygen atoms in total. The van der Waals surface area contributed by atoms with E-state index in [0.717, 1.165) is 11.1 Å². The summed E-state index contributed by atoms with van der Waals surface area (Å²) >= 11 is 0. The van der Waals surface area contributed by atoms with E-state index in [2.05, 4.69) is 68.3 Å². The second-order valence-corrected chi connectivity index (χ2v) is 19.5. The number of benzene rings is 1. The van der Waals surface area contributed by atoms with E-state index in [9.17, 15) is 33.6 Å². The summed E-state index contributed by atoms with van der Waals surface area (Å²) in [7, 11) is -1.56. The highest BCUT2D eigenvalue weighted by molar-refractivity contribution is 6.83. The standard InChI is InChI=1S/C36H65N15O7Si.8ClH/c1-59(2,3)12-10-22-9-6-8-21(13-22)7-4-5-11-45-34(56)27(51-36(58)29(50-33(55)26(44)17-40)20-47-31(53)24(42)15-38)19-48-35(57)28(49-32(54)25(43)16-39)18-46-30(52)23(41)14-37;;;;;;;;/h6,8-9,13,23-29H,4-5,7,11,14-20,37-44H2,1-3H3,(H,45,56)(H,46,52)(H,47,53)(H,48,57)(H,49,54)(H,50,55)(H,51,58);8*1H.